The van der Waals surface area contributed by atoms with Crippen LogP contribution >= 0.6 is 28.3 Å². The second-order valence-electron chi connectivity index (χ2n) is 3.80. The smallest absolute Gasteiger partial charge is 0.237 e. The van der Waals surface area contributed by atoms with Crippen molar-refractivity contribution in [3.63, 3.8) is 0 Å². The highest BCUT2D eigenvalue weighted by Gasteiger charge is 2.14. The number of hydrogen-bond acceptors (Lipinski definition) is 2. The molecule has 17 heavy (non-hydrogen) atoms. The highest BCUT2D eigenvalue weighted by atomic mass is 79.9. The average Bonchev–Trinajstić information content (AvgIpc) is 2.28. The fourth-order valence-corrected chi connectivity index (χ4v) is 1.60. The van der Waals surface area contributed by atoms with Crippen LogP contribution in [0.25, 0.3) is 0 Å². The summed E-state index contributed by atoms with van der Waals surface area (Å²) >= 11 is 3.37. The lowest BCUT2D eigenvalue weighted by molar-refractivity contribution is -0.123. The van der Waals surface area contributed by atoms with Crippen LogP contribution in [0.15, 0.2) is 28.7 Å². The van der Waals surface area contributed by atoms with Gasteiger partial charge in [0.25, 0.3) is 0 Å². The van der Waals surface area contributed by atoms with Crippen molar-refractivity contribution in [3.8, 4) is 0 Å². The number of carbonyl (C=O) groups excluding carboxylic acids is 1. The van der Waals surface area contributed by atoms with E-state index in [4.69, 9.17) is 5.73 Å². The Hall–Kier alpha value is -0.580. The molecule has 1 unspecified atom stereocenters. The molecular formula is C12H18BrClN2O. The van der Waals surface area contributed by atoms with Crippen LogP contribution in [0.1, 0.15) is 31.9 Å². The maximum absolute atomic E-state index is 11.6. The molecule has 0 radical (unpaired) electrons. The number of halogens is 2. The highest BCUT2D eigenvalue weighted by molar-refractivity contribution is 9.10. The van der Waals surface area contributed by atoms with Gasteiger partial charge in [-0.3, -0.25) is 4.79 Å². The van der Waals surface area contributed by atoms with E-state index in [9.17, 15) is 4.79 Å². The Bertz CT molecular complexity index is 356. The Kier molecular flexibility index (Phi) is 7.43. The van der Waals surface area contributed by atoms with E-state index in [0.29, 0.717) is 6.42 Å². The maximum atomic E-state index is 11.6. The van der Waals surface area contributed by atoms with Crippen molar-refractivity contribution >= 4 is 34.2 Å². The van der Waals surface area contributed by atoms with Gasteiger partial charge >= 0.3 is 0 Å². The molecular weight excluding hydrogens is 304 g/mol. The molecule has 3 N–H and O–H groups in total. The van der Waals surface area contributed by atoms with Gasteiger partial charge in [0.2, 0.25) is 5.91 Å². The zero-order valence-electron chi connectivity index (χ0n) is 9.94. The third-order valence-electron chi connectivity index (χ3n) is 2.51. The molecule has 1 rings (SSSR count). The van der Waals surface area contributed by atoms with Crippen LogP contribution in [0.4, 0.5) is 0 Å². The first-order valence-corrected chi connectivity index (χ1v) is 6.15. The van der Waals surface area contributed by atoms with Gasteiger partial charge in [0.1, 0.15) is 0 Å². The van der Waals surface area contributed by atoms with Gasteiger partial charge in [-0.15, -0.1) is 12.4 Å². The second-order valence-corrected chi connectivity index (χ2v) is 4.71. The fraction of sp³-hybridized carbons (Fsp3) is 0.417. The van der Waals surface area contributed by atoms with Crippen LogP contribution in [-0.4, -0.2) is 11.9 Å². The molecule has 3 nitrogen and oxygen atoms in total. The number of nitrogens with one attached hydrogen (secondary N) is 1. The predicted molar refractivity (Wildman–Crippen MR) is 76.2 cm³/mol. The first-order chi connectivity index (χ1) is 7.54. The zero-order valence-corrected chi connectivity index (χ0v) is 12.3. The molecule has 2 atom stereocenters. The second kappa shape index (κ2) is 7.69. The van der Waals surface area contributed by atoms with E-state index in [1.807, 2.05) is 38.1 Å². The number of benzene rings is 1. The summed E-state index contributed by atoms with van der Waals surface area (Å²) in [6.07, 6.45) is 0.652. The molecule has 0 fully saturated rings. The van der Waals surface area contributed by atoms with E-state index in [2.05, 4.69) is 21.2 Å². The Labute approximate surface area is 117 Å². The molecule has 96 valence electrons. The summed E-state index contributed by atoms with van der Waals surface area (Å²) in [5.74, 6) is -0.0991. The molecule has 5 heteroatoms. The summed E-state index contributed by atoms with van der Waals surface area (Å²) in [4.78, 5) is 11.6. The lowest BCUT2D eigenvalue weighted by Gasteiger charge is -2.17. The third kappa shape index (κ3) is 5.06. The zero-order chi connectivity index (χ0) is 12.1. The molecule has 0 spiro atoms. The molecule has 0 heterocycles. The number of amides is 1. The summed E-state index contributed by atoms with van der Waals surface area (Å²) in [5.41, 5.74) is 6.72. The largest absolute Gasteiger partial charge is 0.348 e. The molecule has 1 aromatic carbocycles. The van der Waals surface area contributed by atoms with Gasteiger partial charge in [0.05, 0.1) is 12.1 Å². The topological polar surface area (TPSA) is 55.1 Å². The van der Waals surface area contributed by atoms with Crippen molar-refractivity contribution in [2.45, 2.75) is 32.4 Å². The Morgan fingerprint density at radius 2 is 1.94 bits per heavy atom. The van der Waals surface area contributed by atoms with Crippen molar-refractivity contribution in [1.82, 2.24) is 5.32 Å². The van der Waals surface area contributed by atoms with Crippen LogP contribution in [0.5, 0.6) is 0 Å². The minimum absolute atomic E-state index is 0. The van der Waals surface area contributed by atoms with E-state index < -0.39 is 6.04 Å². The summed E-state index contributed by atoms with van der Waals surface area (Å²) in [6.45, 7) is 3.85. The lowest BCUT2D eigenvalue weighted by Crippen LogP contribution is -2.41. The fourth-order valence-electron chi connectivity index (χ4n) is 1.34. The Morgan fingerprint density at radius 3 is 2.41 bits per heavy atom. The molecule has 0 saturated carbocycles. The Balaban J connectivity index is 0.00000256. The van der Waals surface area contributed by atoms with E-state index in [0.717, 1.165) is 10.0 Å². The molecule has 1 amide bonds. The first-order valence-electron chi connectivity index (χ1n) is 5.36. The van der Waals surface area contributed by atoms with Gasteiger partial charge in [0.15, 0.2) is 0 Å². The van der Waals surface area contributed by atoms with Crippen LogP contribution in [0.3, 0.4) is 0 Å². The summed E-state index contributed by atoms with van der Waals surface area (Å²) in [7, 11) is 0. The van der Waals surface area contributed by atoms with E-state index in [1.165, 1.54) is 0 Å². The van der Waals surface area contributed by atoms with E-state index in [1.54, 1.807) is 0 Å². The van der Waals surface area contributed by atoms with E-state index in [-0.39, 0.29) is 24.4 Å². The number of nitrogens with two attached hydrogens (primary N) is 1. The number of rotatable bonds is 4. The summed E-state index contributed by atoms with van der Waals surface area (Å²) in [6, 6.07) is 7.44. The number of hydrogen-bond donors (Lipinski definition) is 2. The van der Waals surface area contributed by atoms with Crippen molar-refractivity contribution in [2.24, 2.45) is 5.73 Å². The number of carbonyl (C=O) groups is 1. The van der Waals surface area contributed by atoms with Crippen molar-refractivity contribution in [3.05, 3.63) is 34.3 Å². The molecule has 0 saturated heterocycles. The molecule has 0 aliphatic carbocycles. The van der Waals surface area contributed by atoms with Crippen LogP contribution in [0.2, 0.25) is 0 Å². The predicted octanol–water partition coefficient (Wildman–Crippen LogP) is 2.79. The van der Waals surface area contributed by atoms with Crippen LogP contribution in [0, 0.1) is 0 Å². The van der Waals surface area contributed by atoms with Gasteiger partial charge in [-0.25, -0.2) is 0 Å². The quantitative estimate of drug-likeness (QED) is 0.896. The molecule has 1 aromatic rings. The summed E-state index contributed by atoms with van der Waals surface area (Å²) < 4.78 is 1.03. The van der Waals surface area contributed by atoms with E-state index >= 15 is 0 Å². The van der Waals surface area contributed by atoms with Crippen molar-refractivity contribution in [2.75, 3.05) is 0 Å². The highest BCUT2D eigenvalue weighted by Crippen LogP contribution is 2.16. The van der Waals surface area contributed by atoms with Crippen LogP contribution < -0.4 is 11.1 Å². The normalized spacial score (nSPS) is 13.4. The van der Waals surface area contributed by atoms with Crippen LogP contribution in [-0.2, 0) is 4.79 Å². The third-order valence-corrected chi connectivity index (χ3v) is 3.03. The SMILES string of the molecule is CC[C@H](N)C(=O)NC(C)c1ccc(Br)cc1.Cl. The Morgan fingerprint density at radius 1 is 1.41 bits per heavy atom. The van der Waals surface area contributed by atoms with Crippen molar-refractivity contribution in [1.29, 1.82) is 0 Å². The minimum atomic E-state index is -0.419. The minimum Gasteiger partial charge on any atom is -0.348 e. The standard InChI is InChI=1S/C12H17BrN2O.ClH/c1-3-11(14)12(16)15-8(2)9-4-6-10(13)7-5-9;/h4-8,11H,3,14H2,1-2H3,(H,15,16);1H/t8?,11-;/m0./s1. The molecule has 0 aliphatic rings. The monoisotopic (exact) mass is 320 g/mol. The van der Waals surface area contributed by atoms with Crippen molar-refractivity contribution < 1.29 is 4.79 Å². The molecule has 0 aliphatic heterocycles. The molecule has 0 aromatic heterocycles. The van der Waals surface area contributed by atoms with Gasteiger partial charge in [-0.1, -0.05) is 35.0 Å². The molecule has 0 bridgehead atoms. The average molecular weight is 322 g/mol. The van der Waals surface area contributed by atoms with Gasteiger partial charge in [-0.05, 0) is 31.0 Å². The summed E-state index contributed by atoms with van der Waals surface area (Å²) in [5, 5.41) is 2.89. The first kappa shape index (κ1) is 16.4. The maximum Gasteiger partial charge on any atom is 0.237 e. The van der Waals surface area contributed by atoms with Gasteiger partial charge in [0, 0.05) is 4.47 Å². The van der Waals surface area contributed by atoms with Gasteiger partial charge < -0.3 is 11.1 Å². The lowest BCUT2D eigenvalue weighted by atomic mass is 10.1. The van der Waals surface area contributed by atoms with Gasteiger partial charge in [-0.2, -0.15) is 0 Å².